The van der Waals surface area contributed by atoms with Gasteiger partial charge in [-0.2, -0.15) is 8.42 Å². The fraction of sp³-hybridized carbons (Fsp3) is 0.250. The van der Waals surface area contributed by atoms with E-state index in [1.165, 1.54) is 0 Å². The van der Waals surface area contributed by atoms with E-state index in [0.29, 0.717) is 5.75 Å². The van der Waals surface area contributed by atoms with Crippen LogP contribution in [-0.4, -0.2) is 23.4 Å². The van der Waals surface area contributed by atoms with Crippen LogP contribution in [0.2, 0.25) is 0 Å². The summed E-state index contributed by atoms with van der Waals surface area (Å²) in [6, 6.07) is 27.0. The number of ether oxygens (including phenoxy) is 1. The number of rotatable bonds is 7. The van der Waals surface area contributed by atoms with Crippen molar-refractivity contribution in [2.24, 2.45) is 0 Å². The molecule has 0 aliphatic rings. The van der Waals surface area contributed by atoms with Crippen LogP contribution < -0.4 is 4.74 Å². The van der Waals surface area contributed by atoms with Crippen LogP contribution >= 0.6 is 10.3 Å². The van der Waals surface area contributed by atoms with E-state index < -0.39 is 20.4 Å². The van der Waals surface area contributed by atoms with Gasteiger partial charge in [-0.25, -0.2) is 0 Å². The lowest BCUT2D eigenvalue weighted by molar-refractivity contribution is 0.130. The van der Waals surface area contributed by atoms with Gasteiger partial charge in [-0.05, 0) is 70.2 Å². The van der Waals surface area contributed by atoms with E-state index >= 15 is 0 Å². The highest BCUT2D eigenvalue weighted by Crippen LogP contribution is 2.68. The fourth-order valence-corrected chi connectivity index (χ4v) is 8.37. The van der Waals surface area contributed by atoms with Crippen LogP contribution in [0.1, 0.15) is 27.7 Å². The maximum Gasteiger partial charge on any atom is 0.390 e. The molecule has 0 fully saturated rings. The van der Waals surface area contributed by atoms with Gasteiger partial charge in [0.05, 0.1) is 25.0 Å². The molecule has 160 valence electrons. The summed E-state index contributed by atoms with van der Waals surface area (Å²) in [6.45, 7) is 7.58. The molecule has 6 heteroatoms. The number of benzene rings is 3. The van der Waals surface area contributed by atoms with E-state index in [2.05, 4.69) is 3.63 Å². The van der Waals surface area contributed by atoms with Crippen molar-refractivity contribution in [2.45, 2.75) is 48.0 Å². The fourth-order valence-electron chi connectivity index (χ4n) is 3.07. The van der Waals surface area contributed by atoms with Crippen LogP contribution in [0, 0.1) is 0 Å². The Hall–Kier alpha value is -2.28. The Balaban J connectivity index is 2.33. The van der Waals surface area contributed by atoms with Crippen molar-refractivity contribution in [3.8, 4) is 5.75 Å². The van der Waals surface area contributed by atoms with Crippen LogP contribution in [0.4, 0.5) is 0 Å². The second-order valence-electron chi connectivity index (χ2n) is 7.84. The molecule has 0 atom stereocenters. The largest absolute Gasteiger partial charge is 0.488 e. The zero-order valence-electron chi connectivity index (χ0n) is 17.8. The summed E-state index contributed by atoms with van der Waals surface area (Å²) < 4.78 is 36.4. The van der Waals surface area contributed by atoms with Gasteiger partial charge in [0.25, 0.3) is 0 Å². The smallest absolute Gasteiger partial charge is 0.390 e. The maximum absolute atomic E-state index is 12.9. The Morgan fingerprint density at radius 3 is 1.73 bits per heavy atom. The molecule has 1 N–H and O–H groups in total. The van der Waals surface area contributed by atoms with Crippen molar-refractivity contribution < 1.29 is 16.8 Å². The third kappa shape index (κ3) is 5.06. The zero-order valence-corrected chi connectivity index (χ0v) is 19.4. The van der Waals surface area contributed by atoms with E-state index in [9.17, 15) is 8.42 Å². The lowest BCUT2D eigenvalue weighted by Gasteiger charge is -2.35. The van der Waals surface area contributed by atoms with Gasteiger partial charge >= 0.3 is 10.1 Å². The summed E-state index contributed by atoms with van der Waals surface area (Å²) in [5.41, 5.74) is -0.372. The normalized spacial score (nSPS) is 13.1. The minimum absolute atomic E-state index is 0.0560. The van der Waals surface area contributed by atoms with E-state index in [4.69, 9.17) is 4.74 Å². The Labute approximate surface area is 181 Å². The van der Waals surface area contributed by atoms with E-state index in [-0.39, 0.29) is 11.4 Å². The first-order chi connectivity index (χ1) is 14.2. The summed E-state index contributed by atoms with van der Waals surface area (Å²) in [4.78, 5) is 2.54. The second-order valence-corrected chi connectivity index (χ2v) is 12.8. The van der Waals surface area contributed by atoms with Gasteiger partial charge in [0.15, 0.2) is 0 Å². The first kappa shape index (κ1) is 22.4. The molecular weight excluding hydrogens is 416 g/mol. The molecule has 4 nitrogen and oxygen atoms in total. The molecule has 0 aliphatic carbocycles. The third-order valence-corrected chi connectivity index (χ3v) is 9.71. The second kappa shape index (κ2) is 8.84. The molecule has 3 aromatic rings. The van der Waals surface area contributed by atoms with Crippen molar-refractivity contribution >= 4 is 20.4 Å². The molecule has 0 bridgehead atoms. The minimum Gasteiger partial charge on any atom is -0.488 e. The predicted octanol–water partition coefficient (Wildman–Crippen LogP) is 6.50. The topological polar surface area (TPSA) is 56.2 Å². The first-order valence-corrected chi connectivity index (χ1v) is 13.1. The van der Waals surface area contributed by atoms with Crippen LogP contribution in [0.25, 0.3) is 0 Å². The summed E-state index contributed by atoms with van der Waals surface area (Å²) in [7, 11) is -6.07. The molecule has 3 rings (SSSR count). The third-order valence-electron chi connectivity index (χ3n) is 4.33. The lowest BCUT2D eigenvalue weighted by atomic mass is 10.2. The summed E-state index contributed by atoms with van der Waals surface area (Å²) in [5, 5.41) is 0. The zero-order chi connectivity index (χ0) is 21.8. The van der Waals surface area contributed by atoms with Gasteiger partial charge in [0.2, 0.25) is 0 Å². The molecule has 0 unspecified atom stereocenters. The highest BCUT2D eigenvalue weighted by Gasteiger charge is 2.42. The van der Waals surface area contributed by atoms with Crippen LogP contribution in [0.3, 0.4) is 0 Å². The molecule has 0 aromatic heterocycles. The van der Waals surface area contributed by atoms with Gasteiger partial charge < -0.3 is 4.74 Å². The maximum atomic E-state index is 12.9. The quantitative estimate of drug-likeness (QED) is 0.308. The monoisotopic (exact) mass is 445 g/mol. The average molecular weight is 446 g/mol. The van der Waals surface area contributed by atoms with Crippen molar-refractivity contribution in [2.75, 3.05) is 5.75 Å². The highest BCUT2D eigenvalue weighted by molar-refractivity contribution is 8.32. The molecule has 0 saturated carbocycles. The SMILES string of the molecule is CCS(=O)(=O)[OH+]S(c1ccccc1)(c1ccccc1)c1cccc(OC(C)(C)C)c1. The molecule has 0 aliphatic heterocycles. The minimum atomic E-state index is -3.65. The van der Waals surface area contributed by atoms with Crippen LogP contribution in [-0.2, 0) is 10.1 Å². The van der Waals surface area contributed by atoms with Crippen LogP contribution in [0.15, 0.2) is 99.6 Å². The molecule has 0 heterocycles. The van der Waals surface area contributed by atoms with E-state index in [0.717, 1.165) is 14.7 Å². The van der Waals surface area contributed by atoms with E-state index in [1.54, 1.807) is 6.92 Å². The molecule has 0 saturated heterocycles. The van der Waals surface area contributed by atoms with Gasteiger partial charge in [0.1, 0.15) is 17.1 Å². The first-order valence-electron chi connectivity index (χ1n) is 9.86. The van der Waals surface area contributed by atoms with Crippen molar-refractivity contribution in [3.05, 3.63) is 84.9 Å². The van der Waals surface area contributed by atoms with Gasteiger partial charge in [-0.15, -0.1) is 0 Å². The molecule has 3 aromatic carbocycles. The molecule has 0 amide bonds. The Kier molecular flexibility index (Phi) is 6.60. The van der Waals surface area contributed by atoms with Gasteiger partial charge in [0, 0.05) is 0 Å². The van der Waals surface area contributed by atoms with Crippen molar-refractivity contribution in [1.82, 2.24) is 0 Å². The number of hydrogen-bond acceptors (Lipinski definition) is 3. The summed E-state index contributed by atoms with van der Waals surface area (Å²) in [5.74, 6) is 0.632. The standard InChI is InChI=1S/C24H28O4S2/c1-5-29(25,26)28-30(21-14-8-6-9-15-21,22-16-10-7-11-17-22)23-18-12-13-20(19-23)27-24(2,3)4/h6-19H,5H2,1-4H3/p+1. The van der Waals surface area contributed by atoms with Gasteiger partial charge in [-0.3, -0.25) is 3.63 Å². The molecular formula is C24H29O4S2+. The Bertz CT molecular complexity index is 1030. The van der Waals surface area contributed by atoms with E-state index in [1.807, 2.05) is 106 Å². The summed E-state index contributed by atoms with van der Waals surface area (Å²) >= 11 is 0. The molecule has 0 spiro atoms. The highest BCUT2D eigenvalue weighted by atomic mass is 32.3. The van der Waals surface area contributed by atoms with Gasteiger partial charge in [-0.1, -0.05) is 42.5 Å². The van der Waals surface area contributed by atoms with Crippen molar-refractivity contribution in [3.63, 3.8) is 0 Å². The predicted molar refractivity (Wildman–Crippen MR) is 124 cm³/mol. The van der Waals surface area contributed by atoms with Crippen LogP contribution in [0.5, 0.6) is 5.75 Å². The average Bonchev–Trinajstić information content (AvgIpc) is 2.72. The molecule has 30 heavy (non-hydrogen) atoms. The lowest BCUT2D eigenvalue weighted by Crippen LogP contribution is -2.23. The molecule has 0 radical (unpaired) electrons. The van der Waals surface area contributed by atoms with Crippen molar-refractivity contribution in [1.29, 1.82) is 0 Å². The Morgan fingerprint density at radius 1 is 0.767 bits per heavy atom. The number of hydrogen-bond donors (Lipinski definition) is 0. The Morgan fingerprint density at radius 2 is 1.27 bits per heavy atom. The summed E-state index contributed by atoms with van der Waals surface area (Å²) in [6.07, 6.45) is 0.